The zero-order valence-corrected chi connectivity index (χ0v) is 17.2. The summed E-state index contributed by atoms with van der Waals surface area (Å²) in [6.07, 6.45) is -0.838. The van der Waals surface area contributed by atoms with Crippen LogP contribution in [-0.4, -0.2) is 16.6 Å². The fourth-order valence-electron chi connectivity index (χ4n) is 4.19. The fourth-order valence-corrected chi connectivity index (χ4v) is 4.19. The van der Waals surface area contributed by atoms with Gasteiger partial charge < -0.3 is 10.4 Å². The van der Waals surface area contributed by atoms with E-state index >= 15 is 0 Å². The molecule has 0 radical (unpaired) electrons. The molecule has 1 amide bonds. The third-order valence-corrected chi connectivity index (χ3v) is 5.93. The Morgan fingerprint density at radius 1 is 1.03 bits per heavy atom. The van der Waals surface area contributed by atoms with E-state index < -0.39 is 28.8 Å². The minimum atomic E-state index is -4.76. The van der Waals surface area contributed by atoms with E-state index in [9.17, 15) is 23.1 Å². The molecule has 1 aliphatic rings. The van der Waals surface area contributed by atoms with E-state index in [2.05, 4.69) is 5.32 Å². The van der Waals surface area contributed by atoms with Crippen molar-refractivity contribution in [3.05, 3.63) is 64.7 Å². The standard InChI is InChI=1S/C24H22F3N3O2/c25-24(26,27)21-12-20(11-10-18(21)15-29)30-22(31)23(32,19-4-2-1-3-5-19)13-16-6-8-17(14-28)9-7-16/h6-12,19,32H,1-5,13H2,(H,30,31). The van der Waals surface area contributed by atoms with Crippen molar-refractivity contribution >= 4 is 11.6 Å². The van der Waals surface area contributed by atoms with Gasteiger partial charge in [0.15, 0.2) is 0 Å². The number of nitrogens with one attached hydrogen (secondary N) is 1. The number of hydrogen-bond acceptors (Lipinski definition) is 4. The lowest BCUT2D eigenvalue weighted by Crippen LogP contribution is -2.51. The van der Waals surface area contributed by atoms with Gasteiger partial charge in [-0.15, -0.1) is 0 Å². The van der Waals surface area contributed by atoms with Gasteiger partial charge in [0, 0.05) is 12.1 Å². The topological polar surface area (TPSA) is 96.9 Å². The van der Waals surface area contributed by atoms with Gasteiger partial charge in [-0.3, -0.25) is 4.79 Å². The van der Waals surface area contributed by atoms with Gasteiger partial charge >= 0.3 is 6.18 Å². The van der Waals surface area contributed by atoms with Crippen molar-refractivity contribution in [3.8, 4) is 12.1 Å². The van der Waals surface area contributed by atoms with Crippen molar-refractivity contribution in [2.24, 2.45) is 5.92 Å². The summed E-state index contributed by atoms with van der Waals surface area (Å²) in [7, 11) is 0. The van der Waals surface area contributed by atoms with Gasteiger partial charge in [0.2, 0.25) is 0 Å². The van der Waals surface area contributed by atoms with Crippen LogP contribution in [0.25, 0.3) is 0 Å². The normalized spacial score (nSPS) is 16.4. The van der Waals surface area contributed by atoms with Gasteiger partial charge in [-0.25, -0.2) is 0 Å². The third-order valence-electron chi connectivity index (χ3n) is 5.93. The number of rotatable bonds is 5. The van der Waals surface area contributed by atoms with Crippen molar-refractivity contribution in [2.45, 2.75) is 50.3 Å². The average molecular weight is 441 g/mol. The Hall–Kier alpha value is -3.36. The average Bonchev–Trinajstić information content (AvgIpc) is 2.79. The molecular weight excluding hydrogens is 419 g/mol. The first kappa shape index (κ1) is 23.3. The number of hydrogen-bond donors (Lipinski definition) is 2. The fraction of sp³-hybridized carbons (Fsp3) is 0.375. The highest BCUT2D eigenvalue weighted by Crippen LogP contribution is 2.37. The first-order valence-electron chi connectivity index (χ1n) is 10.3. The monoisotopic (exact) mass is 441 g/mol. The maximum atomic E-state index is 13.3. The molecule has 0 bridgehead atoms. The number of halogens is 3. The van der Waals surface area contributed by atoms with Crippen LogP contribution in [0.3, 0.4) is 0 Å². The maximum absolute atomic E-state index is 13.3. The number of nitrogens with zero attached hydrogens (tertiary/aromatic N) is 2. The van der Waals surface area contributed by atoms with Crippen LogP contribution in [-0.2, 0) is 17.4 Å². The lowest BCUT2D eigenvalue weighted by molar-refractivity contribution is -0.142. The van der Waals surface area contributed by atoms with E-state index in [0.29, 0.717) is 30.0 Å². The Bertz CT molecular complexity index is 1060. The van der Waals surface area contributed by atoms with Crippen LogP contribution in [0, 0.1) is 28.6 Å². The number of carbonyl (C=O) groups is 1. The van der Waals surface area contributed by atoms with Gasteiger partial charge in [0.25, 0.3) is 5.91 Å². The molecule has 2 N–H and O–H groups in total. The predicted molar refractivity (Wildman–Crippen MR) is 111 cm³/mol. The van der Waals surface area contributed by atoms with E-state index in [-0.39, 0.29) is 18.0 Å². The highest BCUT2D eigenvalue weighted by atomic mass is 19.4. The highest BCUT2D eigenvalue weighted by molar-refractivity contribution is 5.97. The van der Waals surface area contributed by atoms with E-state index in [1.54, 1.807) is 24.3 Å². The summed E-state index contributed by atoms with van der Waals surface area (Å²) in [6.45, 7) is 0. The first-order chi connectivity index (χ1) is 15.2. The Labute approximate surface area is 184 Å². The molecule has 32 heavy (non-hydrogen) atoms. The second-order valence-electron chi connectivity index (χ2n) is 8.07. The predicted octanol–water partition coefficient (Wildman–Crippen LogP) is 4.94. The molecule has 0 aromatic heterocycles. The maximum Gasteiger partial charge on any atom is 0.417 e. The molecule has 1 atom stereocenters. The molecule has 5 nitrogen and oxygen atoms in total. The van der Waals surface area contributed by atoms with Crippen LogP contribution in [0.5, 0.6) is 0 Å². The molecular formula is C24H22F3N3O2. The second-order valence-corrected chi connectivity index (χ2v) is 8.07. The van der Waals surface area contributed by atoms with Crippen LogP contribution in [0.4, 0.5) is 18.9 Å². The van der Waals surface area contributed by atoms with Crippen molar-refractivity contribution in [3.63, 3.8) is 0 Å². The zero-order valence-electron chi connectivity index (χ0n) is 17.2. The molecule has 8 heteroatoms. The quantitative estimate of drug-likeness (QED) is 0.687. The lowest BCUT2D eigenvalue weighted by atomic mass is 9.73. The Kier molecular flexibility index (Phi) is 6.86. The third kappa shape index (κ3) is 5.09. The van der Waals surface area contributed by atoms with Gasteiger partial charge in [-0.05, 0) is 54.7 Å². The molecule has 0 spiro atoms. The van der Waals surface area contributed by atoms with Gasteiger partial charge in [-0.2, -0.15) is 23.7 Å². The van der Waals surface area contributed by atoms with E-state index in [0.717, 1.165) is 25.3 Å². The largest absolute Gasteiger partial charge is 0.417 e. The summed E-state index contributed by atoms with van der Waals surface area (Å²) in [4.78, 5) is 13.2. The zero-order chi connectivity index (χ0) is 23.4. The van der Waals surface area contributed by atoms with Crippen molar-refractivity contribution < 1.29 is 23.1 Å². The molecule has 166 valence electrons. The molecule has 2 aromatic rings. The van der Waals surface area contributed by atoms with Crippen molar-refractivity contribution in [2.75, 3.05) is 5.32 Å². The lowest BCUT2D eigenvalue weighted by Gasteiger charge is -2.37. The summed E-state index contributed by atoms with van der Waals surface area (Å²) in [6, 6.07) is 12.9. The minimum absolute atomic E-state index is 0.0301. The molecule has 1 aliphatic carbocycles. The van der Waals surface area contributed by atoms with Crippen LogP contribution >= 0.6 is 0 Å². The molecule has 0 aliphatic heterocycles. The highest BCUT2D eigenvalue weighted by Gasteiger charge is 2.44. The SMILES string of the molecule is N#Cc1ccc(CC(O)(C(=O)Nc2ccc(C#N)c(C(F)(F)F)c2)C2CCCCC2)cc1. The summed E-state index contributed by atoms with van der Waals surface area (Å²) >= 11 is 0. The summed E-state index contributed by atoms with van der Waals surface area (Å²) in [5.41, 5.74) is -2.59. The molecule has 1 fully saturated rings. The van der Waals surface area contributed by atoms with Crippen LogP contribution in [0.15, 0.2) is 42.5 Å². The smallest absolute Gasteiger partial charge is 0.379 e. The van der Waals surface area contributed by atoms with Crippen LogP contribution < -0.4 is 5.32 Å². The number of amides is 1. The van der Waals surface area contributed by atoms with Crippen LogP contribution in [0.2, 0.25) is 0 Å². The number of nitriles is 2. The number of carbonyl (C=O) groups excluding carboxylic acids is 1. The van der Waals surface area contributed by atoms with E-state index in [4.69, 9.17) is 10.5 Å². The van der Waals surface area contributed by atoms with Crippen molar-refractivity contribution in [1.82, 2.24) is 0 Å². The Morgan fingerprint density at radius 2 is 1.69 bits per heavy atom. The van der Waals surface area contributed by atoms with E-state index in [1.807, 2.05) is 6.07 Å². The van der Waals surface area contributed by atoms with Crippen molar-refractivity contribution in [1.29, 1.82) is 10.5 Å². The summed E-state index contributed by atoms with van der Waals surface area (Å²) in [5, 5.41) is 31.9. The van der Waals surface area contributed by atoms with E-state index in [1.165, 1.54) is 12.1 Å². The Morgan fingerprint density at radius 3 is 2.25 bits per heavy atom. The minimum Gasteiger partial charge on any atom is -0.379 e. The Balaban J connectivity index is 1.91. The second kappa shape index (κ2) is 9.42. The molecule has 3 rings (SSSR count). The van der Waals surface area contributed by atoms with Gasteiger partial charge in [-0.1, -0.05) is 31.4 Å². The van der Waals surface area contributed by atoms with Gasteiger partial charge in [0.05, 0.1) is 28.8 Å². The summed E-state index contributed by atoms with van der Waals surface area (Å²) in [5.74, 6) is -1.14. The molecule has 0 heterocycles. The molecule has 1 unspecified atom stereocenters. The summed E-state index contributed by atoms with van der Waals surface area (Å²) < 4.78 is 39.9. The molecule has 0 saturated heterocycles. The molecule has 2 aromatic carbocycles. The number of aliphatic hydroxyl groups is 1. The number of alkyl halides is 3. The number of benzene rings is 2. The molecule has 1 saturated carbocycles. The van der Waals surface area contributed by atoms with Gasteiger partial charge in [0.1, 0.15) is 5.60 Å². The number of anilines is 1. The first-order valence-corrected chi connectivity index (χ1v) is 10.3. The van der Waals surface area contributed by atoms with Crippen LogP contribution in [0.1, 0.15) is 54.4 Å².